The van der Waals surface area contributed by atoms with E-state index in [1.165, 1.54) is 6.07 Å². The number of aryl methyl sites for hydroxylation is 1. The highest BCUT2D eigenvalue weighted by atomic mass is 32.2. The molecule has 0 radical (unpaired) electrons. The summed E-state index contributed by atoms with van der Waals surface area (Å²) >= 11 is 0. The van der Waals surface area contributed by atoms with Crippen LogP contribution in [0.5, 0.6) is 0 Å². The Balaban J connectivity index is 1.86. The zero-order valence-electron chi connectivity index (χ0n) is 13.8. The summed E-state index contributed by atoms with van der Waals surface area (Å²) in [5.74, 6) is -0.116. The molecule has 1 fully saturated rings. The van der Waals surface area contributed by atoms with Gasteiger partial charge in [-0.15, -0.1) is 0 Å². The molecule has 3 rings (SSSR count). The van der Waals surface area contributed by atoms with Gasteiger partial charge in [-0.3, -0.25) is 9.48 Å². The van der Waals surface area contributed by atoms with Crippen LogP contribution in [-0.4, -0.2) is 48.4 Å². The van der Waals surface area contributed by atoms with Gasteiger partial charge in [-0.2, -0.15) is 5.10 Å². The number of likely N-dealkylation sites (tertiary alicyclic amines) is 1. The summed E-state index contributed by atoms with van der Waals surface area (Å²) < 4.78 is 25.4. The van der Waals surface area contributed by atoms with E-state index < -0.39 is 9.84 Å². The molecule has 1 aromatic carbocycles. The van der Waals surface area contributed by atoms with Gasteiger partial charge in [-0.25, -0.2) is 8.42 Å². The number of hydrogen-bond donors (Lipinski definition) is 0. The largest absolute Gasteiger partial charge is 0.336 e. The van der Waals surface area contributed by atoms with Gasteiger partial charge in [0.2, 0.25) is 0 Å². The SMILES string of the molecule is Cc1ccc(S(C)(=O)=O)cc1C(=O)N1CCCC(n2cccn2)C1. The van der Waals surface area contributed by atoms with Gasteiger partial charge in [-0.05, 0) is 43.5 Å². The Morgan fingerprint density at radius 1 is 1.33 bits per heavy atom. The standard InChI is InChI=1S/C17H21N3O3S/c1-13-6-7-15(24(2,22)23)11-16(13)17(21)19-9-3-5-14(12-19)20-10-4-8-18-20/h4,6-8,10-11,14H,3,5,9,12H2,1-2H3. The van der Waals surface area contributed by atoms with Crippen molar-refractivity contribution in [3.05, 3.63) is 47.8 Å². The number of amides is 1. The van der Waals surface area contributed by atoms with Crippen molar-refractivity contribution in [1.82, 2.24) is 14.7 Å². The van der Waals surface area contributed by atoms with E-state index in [0.29, 0.717) is 18.7 Å². The zero-order valence-corrected chi connectivity index (χ0v) is 14.7. The topological polar surface area (TPSA) is 72.3 Å². The molecule has 2 aromatic rings. The van der Waals surface area contributed by atoms with Crippen molar-refractivity contribution in [3.63, 3.8) is 0 Å². The van der Waals surface area contributed by atoms with Gasteiger partial charge in [-0.1, -0.05) is 6.07 Å². The van der Waals surface area contributed by atoms with Crippen molar-refractivity contribution in [2.45, 2.75) is 30.7 Å². The lowest BCUT2D eigenvalue weighted by Crippen LogP contribution is -2.41. The van der Waals surface area contributed by atoms with E-state index in [9.17, 15) is 13.2 Å². The molecule has 0 aliphatic carbocycles. The maximum absolute atomic E-state index is 12.9. The van der Waals surface area contributed by atoms with Crippen molar-refractivity contribution in [1.29, 1.82) is 0 Å². The van der Waals surface area contributed by atoms with Crippen LogP contribution in [0.25, 0.3) is 0 Å². The number of nitrogens with zero attached hydrogens (tertiary/aromatic N) is 3. The molecule has 128 valence electrons. The summed E-state index contributed by atoms with van der Waals surface area (Å²) in [4.78, 5) is 14.9. The number of piperidine rings is 1. The molecule has 6 nitrogen and oxygen atoms in total. The van der Waals surface area contributed by atoms with Gasteiger partial charge in [0.1, 0.15) is 0 Å². The minimum absolute atomic E-state index is 0.116. The molecular weight excluding hydrogens is 326 g/mol. The maximum Gasteiger partial charge on any atom is 0.254 e. The van der Waals surface area contributed by atoms with Gasteiger partial charge in [0.25, 0.3) is 5.91 Å². The van der Waals surface area contributed by atoms with E-state index >= 15 is 0 Å². The number of carbonyl (C=O) groups is 1. The third-order valence-corrected chi connectivity index (χ3v) is 5.56. The predicted molar refractivity (Wildman–Crippen MR) is 90.7 cm³/mol. The van der Waals surface area contributed by atoms with E-state index in [2.05, 4.69) is 5.10 Å². The smallest absolute Gasteiger partial charge is 0.254 e. The first-order valence-corrected chi connectivity index (χ1v) is 9.84. The normalized spacial score (nSPS) is 18.6. The number of hydrogen-bond acceptors (Lipinski definition) is 4. The van der Waals surface area contributed by atoms with Gasteiger partial charge < -0.3 is 4.90 Å². The van der Waals surface area contributed by atoms with Gasteiger partial charge in [0, 0.05) is 37.3 Å². The molecule has 1 unspecified atom stereocenters. The van der Waals surface area contributed by atoms with Crippen LogP contribution < -0.4 is 0 Å². The van der Waals surface area contributed by atoms with E-state index in [4.69, 9.17) is 0 Å². The van der Waals surface area contributed by atoms with Crippen LogP contribution >= 0.6 is 0 Å². The van der Waals surface area contributed by atoms with Crippen LogP contribution in [0, 0.1) is 6.92 Å². The van der Waals surface area contributed by atoms with E-state index in [1.54, 1.807) is 23.2 Å². The fraction of sp³-hybridized carbons (Fsp3) is 0.412. The third kappa shape index (κ3) is 3.36. The third-order valence-electron chi connectivity index (χ3n) is 4.45. The van der Waals surface area contributed by atoms with E-state index in [-0.39, 0.29) is 16.8 Å². The molecule has 1 atom stereocenters. The second kappa shape index (κ2) is 6.39. The number of benzene rings is 1. The molecular formula is C17H21N3O3S. The Morgan fingerprint density at radius 3 is 2.79 bits per heavy atom. The molecule has 0 bridgehead atoms. The second-order valence-corrected chi connectivity index (χ2v) is 8.30. The van der Waals surface area contributed by atoms with Crippen molar-refractivity contribution in [3.8, 4) is 0 Å². The molecule has 1 aliphatic heterocycles. The van der Waals surface area contributed by atoms with Crippen LogP contribution in [0.3, 0.4) is 0 Å². The molecule has 24 heavy (non-hydrogen) atoms. The quantitative estimate of drug-likeness (QED) is 0.852. The molecule has 0 N–H and O–H groups in total. The fourth-order valence-corrected chi connectivity index (χ4v) is 3.73. The van der Waals surface area contributed by atoms with Crippen LogP contribution in [0.2, 0.25) is 0 Å². The zero-order chi connectivity index (χ0) is 17.3. The molecule has 2 heterocycles. The van der Waals surface area contributed by atoms with Crippen molar-refractivity contribution >= 4 is 15.7 Å². The average molecular weight is 347 g/mol. The van der Waals surface area contributed by atoms with Crippen LogP contribution in [0.15, 0.2) is 41.6 Å². The Labute approximate surface area is 142 Å². The minimum atomic E-state index is -3.34. The molecule has 1 amide bonds. The highest BCUT2D eigenvalue weighted by molar-refractivity contribution is 7.90. The lowest BCUT2D eigenvalue weighted by atomic mass is 10.0. The van der Waals surface area contributed by atoms with Crippen LogP contribution in [0.1, 0.15) is 34.8 Å². The Hall–Kier alpha value is -2.15. The molecule has 0 spiro atoms. The maximum atomic E-state index is 12.9. The Kier molecular flexibility index (Phi) is 4.45. The van der Waals surface area contributed by atoms with E-state index in [0.717, 1.165) is 24.7 Å². The summed E-state index contributed by atoms with van der Waals surface area (Å²) in [7, 11) is -3.34. The van der Waals surface area contributed by atoms with Gasteiger partial charge in [0.05, 0.1) is 10.9 Å². The second-order valence-electron chi connectivity index (χ2n) is 6.28. The highest BCUT2D eigenvalue weighted by Crippen LogP contribution is 2.24. The Bertz CT molecular complexity index is 844. The summed E-state index contributed by atoms with van der Waals surface area (Å²) in [6.07, 6.45) is 6.68. The van der Waals surface area contributed by atoms with Crippen molar-refractivity contribution in [2.75, 3.05) is 19.3 Å². The Morgan fingerprint density at radius 2 is 2.12 bits per heavy atom. The summed E-state index contributed by atoms with van der Waals surface area (Å²) in [6, 6.07) is 6.77. The average Bonchev–Trinajstić information content (AvgIpc) is 3.08. The highest BCUT2D eigenvalue weighted by Gasteiger charge is 2.27. The first-order chi connectivity index (χ1) is 11.4. The van der Waals surface area contributed by atoms with Gasteiger partial charge >= 0.3 is 0 Å². The number of sulfone groups is 1. The first-order valence-electron chi connectivity index (χ1n) is 7.95. The molecule has 1 saturated heterocycles. The molecule has 1 aromatic heterocycles. The predicted octanol–water partition coefficient (Wildman–Crippen LogP) is 2.07. The molecule has 0 saturated carbocycles. The first kappa shape index (κ1) is 16.7. The number of rotatable bonds is 3. The van der Waals surface area contributed by atoms with Gasteiger partial charge in [0.15, 0.2) is 9.84 Å². The fourth-order valence-electron chi connectivity index (χ4n) is 3.08. The van der Waals surface area contributed by atoms with Crippen molar-refractivity contribution < 1.29 is 13.2 Å². The molecule has 7 heteroatoms. The lowest BCUT2D eigenvalue weighted by Gasteiger charge is -2.33. The number of aromatic nitrogens is 2. The van der Waals surface area contributed by atoms with Crippen molar-refractivity contribution in [2.24, 2.45) is 0 Å². The van der Waals surface area contributed by atoms with Crippen LogP contribution in [-0.2, 0) is 9.84 Å². The summed E-state index contributed by atoms with van der Waals surface area (Å²) in [6.45, 7) is 3.09. The molecule has 1 aliphatic rings. The monoisotopic (exact) mass is 347 g/mol. The summed E-state index contributed by atoms with van der Waals surface area (Å²) in [5, 5.41) is 4.27. The lowest BCUT2D eigenvalue weighted by molar-refractivity contribution is 0.0672. The van der Waals surface area contributed by atoms with E-state index in [1.807, 2.05) is 23.9 Å². The summed E-state index contributed by atoms with van der Waals surface area (Å²) in [5.41, 5.74) is 1.24. The minimum Gasteiger partial charge on any atom is -0.336 e. The number of carbonyl (C=O) groups excluding carboxylic acids is 1. The van der Waals surface area contributed by atoms with Crippen LogP contribution in [0.4, 0.5) is 0 Å².